The molecular weight excluding hydrogens is 277 g/mol. The Morgan fingerprint density at radius 3 is 2.55 bits per heavy atom. The highest BCUT2D eigenvalue weighted by Crippen LogP contribution is 2.24. The maximum atomic E-state index is 13.4. The summed E-state index contributed by atoms with van der Waals surface area (Å²) in [6.45, 7) is 0.548. The highest BCUT2D eigenvalue weighted by molar-refractivity contribution is 6.30. The third-order valence-corrected chi connectivity index (χ3v) is 3.62. The fourth-order valence-electron chi connectivity index (χ4n) is 2.38. The summed E-state index contributed by atoms with van der Waals surface area (Å²) in [6.07, 6.45) is 1.86. The molecule has 4 heteroatoms. The number of nitrogens with zero attached hydrogens (tertiary/aromatic N) is 1. The number of aromatic nitrogens is 1. The molecule has 20 heavy (non-hydrogen) atoms. The zero-order chi connectivity index (χ0) is 14.1. The minimum atomic E-state index is -0.280. The van der Waals surface area contributed by atoms with Gasteiger partial charge in [0.05, 0.1) is 12.1 Å². The Balaban J connectivity index is 2.06. The van der Waals surface area contributed by atoms with Crippen molar-refractivity contribution in [2.24, 2.45) is 0 Å². The van der Waals surface area contributed by atoms with Crippen molar-refractivity contribution >= 4 is 22.5 Å². The van der Waals surface area contributed by atoms with E-state index >= 15 is 0 Å². The van der Waals surface area contributed by atoms with Crippen LogP contribution in [0.3, 0.4) is 0 Å². The molecule has 0 aliphatic rings. The number of benzene rings is 2. The highest BCUT2D eigenvalue weighted by atomic mass is 35.5. The lowest BCUT2D eigenvalue weighted by atomic mass is 10.2. The molecule has 0 aliphatic heterocycles. The van der Waals surface area contributed by atoms with Gasteiger partial charge in [-0.3, -0.25) is 0 Å². The van der Waals surface area contributed by atoms with Gasteiger partial charge in [-0.25, -0.2) is 4.39 Å². The molecule has 1 N–H and O–H groups in total. The van der Waals surface area contributed by atoms with E-state index in [0.29, 0.717) is 11.6 Å². The molecule has 0 saturated heterocycles. The van der Waals surface area contributed by atoms with Crippen LogP contribution < -0.4 is 0 Å². The van der Waals surface area contributed by atoms with Gasteiger partial charge in [0, 0.05) is 28.7 Å². The number of aliphatic hydroxyl groups is 1. The smallest absolute Gasteiger partial charge is 0.125 e. The van der Waals surface area contributed by atoms with Crippen molar-refractivity contribution in [1.29, 1.82) is 0 Å². The van der Waals surface area contributed by atoms with Crippen molar-refractivity contribution in [1.82, 2.24) is 4.57 Å². The molecule has 0 aliphatic carbocycles. The van der Waals surface area contributed by atoms with Crippen LogP contribution in [0.15, 0.2) is 48.7 Å². The molecule has 0 saturated carbocycles. The molecule has 0 fully saturated rings. The average molecular weight is 290 g/mol. The summed E-state index contributed by atoms with van der Waals surface area (Å²) in [7, 11) is 0. The van der Waals surface area contributed by atoms with E-state index in [2.05, 4.69) is 0 Å². The van der Waals surface area contributed by atoms with Gasteiger partial charge in [0.15, 0.2) is 0 Å². The van der Waals surface area contributed by atoms with Gasteiger partial charge in [-0.05, 0) is 35.9 Å². The zero-order valence-electron chi connectivity index (χ0n) is 10.7. The predicted octanol–water partition coefficient (Wildman–Crippen LogP) is 3.97. The lowest BCUT2D eigenvalue weighted by molar-refractivity contribution is 0.283. The Hall–Kier alpha value is -1.84. The van der Waals surface area contributed by atoms with E-state index in [0.717, 1.165) is 22.0 Å². The van der Waals surface area contributed by atoms with Crippen molar-refractivity contribution in [3.63, 3.8) is 0 Å². The van der Waals surface area contributed by atoms with Gasteiger partial charge in [0.25, 0.3) is 0 Å². The largest absolute Gasteiger partial charge is 0.392 e. The zero-order valence-corrected chi connectivity index (χ0v) is 11.4. The van der Waals surface area contributed by atoms with Gasteiger partial charge in [0.2, 0.25) is 0 Å². The monoisotopic (exact) mass is 289 g/mol. The summed E-state index contributed by atoms with van der Waals surface area (Å²) in [5.74, 6) is -0.280. The lowest BCUT2D eigenvalue weighted by Crippen LogP contribution is -1.97. The van der Waals surface area contributed by atoms with Crippen LogP contribution in [0.25, 0.3) is 10.9 Å². The maximum absolute atomic E-state index is 13.4. The van der Waals surface area contributed by atoms with Crippen molar-refractivity contribution in [3.05, 3.63) is 70.6 Å². The van der Waals surface area contributed by atoms with Gasteiger partial charge in [0.1, 0.15) is 5.82 Å². The van der Waals surface area contributed by atoms with E-state index < -0.39 is 0 Å². The van der Waals surface area contributed by atoms with Crippen LogP contribution in [0.5, 0.6) is 0 Å². The lowest BCUT2D eigenvalue weighted by Gasteiger charge is -2.06. The number of halogens is 2. The van der Waals surface area contributed by atoms with Crippen molar-refractivity contribution in [3.8, 4) is 0 Å². The molecule has 1 heterocycles. The van der Waals surface area contributed by atoms with Crippen molar-refractivity contribution in [2.45, 2.75) is 13.2 Å². The Morgan fingerprint density at radius 2 is 1.85 bits per heavy atom. The first-order valence-electron chi connectivity index (χ1n) is 6.30. The summed E-state index contributed by atoms with van der Waals surface area (Å²) in [5.41, 5.74) is 2.65. The standard InChI is InChI=1S/C16H13ClFNO/c17-13-3-1-11(2-4-13)8-19-9-12(10-20)15-6-5-14(18)7-16(15)19/h1-7,9,20H,8,10H2. The van der Waals surface area contributed by atoms with Gasteiger partial charge < -0.3 is 9.67 Å². The first-order valence-corrected chi connectivity index (χ1v) is 6.68. The molecule has 0 radical (unpaired) electrons. The average Bonchev–Trinajstić information content (AvgIpc) is 2.79. The molecule has 0 bridgehead atoms. The maximum Gasteiger partial charge on any atom is 0.125 e. The topological polar surface area (TPSA) is 25.2 Å². The number of hydrogen-bond acceptors (Lipinski definition) is 1. The number of rotatable bonds is 3. The first kappa shape index (κ1) is 13.2. The molecule has 2 nitrogen and oxygen atoms in total. The van der Waals surface area contributed by atoms with E-state index in [9.17, 15) is 9.50 Å². The van der Waals surface area contributed by atoms with E-state index in [1.54, 1.807) is 6.07 Å². The van der Waals surface area contributed by atoms with Crippen LogP contribution in [0.1, 0.15) is 11.1 Å². The quantitative estimate of drug-likeness (QED) is 0.775. The van der Waals surface area contributed by atoms with E-state index in [1.807, 2.05) is 35.0 Å². The van der Waals surface area contributed by atoms with E-state index in [1.165, 1.54) is 12.1 Å². The summed E-state index contributed by atoms with van der Waals surface area (Å²) in [5, 5.41) is 11.0. The molecular formula is C16H13ClFNO. The van der Waals surface area contributed by atoms with Crippen LogP contribution in [0.2, 0.25) is 5.02 Å². The molecule has 3 rings (SSSR count). The second kappa shape index (κ2) is 5.27. The van der Waals surface area contributed by atoms with Gasteiger partial charge in [-0.1, -0.05) is 23.7 Å². The first-order chi connectivity index (χ1) is 9.67. The summed E-state index contributed by atoms with van der Waals surface area (Å²) in [4.78, 5) is 0. The van der Waals surface area contributed by atoms with Crippen LogP contribution in [-0.4, -0.2) is 9.67 Å². The third-order valence-electron chi connectivity index (χ3n) is 3.36. The second-order valence-corrected chi connectivity index (χ2v) is 5.16. The Labute approximate surface area is 121 Å². The molecule has 0 spiro atoms. The van der Waals surface area contributed by atoms with E-state index in [4.69, 9.17) is 11.6 Å². The van der Waals surface area contributed by atoms with Crippen LogP contribution >= 0.6 is 11.6 Å². The second-order valence-electron chi connectivity index (χ2n) is 4.73. The third kappa shape index (κ3) is 2.42. The van der Waals surface area contributed by atoms with Gasteiger partial charge in [-0.15, -0.1) is 0 Å². The fraction of sp³-hybridized carbons (Fsp3) is 0.125. The molecule has 0 amide bonds. The van der Waals surface area contributed by atoms with Gasteiger partial charge >= 0.3 is 0 Å². The molecule has 2 aromatic carbocycles. The molecule has 1 aromatic heterocycles. The van der Waals surface area contributed by atoms with E-state index in [-0.39, 0.29) is 12.4 Å². The number of hydrogen-bond donors (Lipinski definition) is 1. The summed E-state index contributed by atoms with van der Waals surface area (Å²) < 4.78 is 15.4. The van der Waals surface area contributed by atoms with Crippen molar-refractivity contribution in [2.75, 3.05) is 0 Å². The molecule has 0 atom stereocenters. The Kier molecular flexibility index (Phi) is 3.47. The van der Waals surface area contributed by atoms with Crippen molar-refractivity contribution < 1.29 is 9.50 Å². The minimum absolute atomic E-state index is 0.0598. The van der Waals surface area contributed by atoms with Crippen LogP contribution in [-0.2, 0) is 13.2 Å². The van der Waals surface area contributed by atoms with Gasteiger partial charge in [-0.2, -0.15) is 0 Å². The molecule has 102 valence electrons. The Bertz CT molecular complexity index is 749. The number of fused-ring (bicyclic) bond motifs is 1. The predicted molar refractivity (Wildman–Crippen MR) is 78.4 cm³/mol. The SMILES string of the molecule is OCc1cn(Cc2ccc(Cl)cc2)c2cc(F)ccc12. The highest BCUT2D eigenvalue weighted by Gasteiger charge is 2.09. The molecule has 0 unspecified atom stereocenters. The normalized spacial score (nSPS) is 11.2. The Morgan fingerprint density at radius 1 is 1.10 bits per heavy atom. The number of aliphatic hydroxyl groups excluding tert-OH is 1. The summed E-state index contributed by atoms with van der Waals surface area (Å²) in [6, 6.07) is 12.1. The minimum Gasteiger partial charge on any atom is -0.392 e. The van der Waals surface area contributed by atoms with Crippen LogP contribution in [0, 0.1) is 5.82 Å². The van der Waals surface area contributed by atoms with Crippen LogP contribution in [0.4, 0.5) is 4.39 Å². The summed E-state index contributed by atoms with van der Waals surface area (Å²) >= 11 is 5.87. The molecule has 3 aromatic rings. The fourth-order valence-corrected chi connectivity index (χ4v) is 2.51.